The summed E-state index contributed by atoms with van der Waals surface area (Å²) < 4.78 is 2.58. The second kappa shape index (κ2) is 9.49. The zero-order valence-corrected chi connectivity index (χ0v) is 18.6. The van der Waals surface area contributed by atoms with Crippen LogP contribution in [0.1, 0.15) is 26.3 Å². The maximum atomic E-state index is 11.2. The van der Waals surface area contributed by atoms with Crippen molar-refractivity contribution in [1.82, 2.24) is 9.78 Å². The number of nitrogens with zero attached hydrogens (tertiary/aromatic N) is 3. The first-order valence-electron chi connectivity index (χ1n) is 9.72. The van der Waals surface area contributed by atoms with E-state index < -0.39 is 11.9 Å². The van der Waals surface area contributed by atoms with Gasteiger partial charge in [0.15, 0.2) is 0 Å². The van der Waals surface area contributed by atoms with Crippen molar-refractivity contribution < 1.29 is 19.8 Å². The van der Waals surface area contributed by atoms with Crippen molar-refractivity contribution >= 4 is 39.8 Å². The summed E-state index contributed by atoms with van der Waals surface area (Å²) in [6.07, 6.45) is 3.39. The average Bonchev–Trinajstić information content (AvgIpc) is 3.24. The highest BCUT2D eigenvalue weighted by atomic mass is 79.9. The normalized spacial score (nSPS) is 10.9. The summed E-state index contributed by atoms with van der Waals surface area (Å²) in [7, 11) is 0. The number of aromatic carboxylic acids is 2. The lowest BCUT2D eigenvalue weighted by molar-refractivity contribution is 0.0686. The van der Waals surface area contributed by atoms with Crippen molar-refractivity contribution in [3.8, 4) is 16.9 Å². The van der Waals surface area contributed by atoms with Crippen LogP contribution >= 0.6 is 15.9 Å². The van der Waals surface area contributed by atoms with Gasteiger partial charge in [-0.1, -0.05) is 28.1 Å². The molecule has 164 valence electrons. The number of aromatic nitrogens is 2. The van der Waals surface area contributed by atoms with E-state index in [2.05, 4.69) is 31.6 Å². The van der Waals surface area contributed by atoms with E-state index in [0.29, 0.717) is 22.5 Å². The summed E-state index contributed by atoms with van der Waals surface area (Å²) in [5.41, 5.74) is 6.78. The molecule has 0 amide bonds. The minimum Gasteiger partial charge on any atom is -0.478 e. The summed E-state index contributed by atoms with van der Waals surface area (Å²) in [4.78, 5) is 22.3. The Morgan fingerprint density at radius 1 is 0.879 bits per heavy atom. The molecule has 0 bridgehead atoms. The van der Waals surface area contributed by atoms with E-state index >= 15 is 0 Å². The Morgan fingerprint density at radius 3 is 2.03 bits per heavy atom. The van der Waals surface area contributed by atoms with Crippen LogP contribution in [0.3, 0.4) is 0 Å². The largest absolute Gasteiger partial charge is 0.478 e. The molecule has 0 radical (unpaired) electrons. The number of hydrogen-bond donors (Lipinski definition) is 3. The second-order valence-corrected chi connectivity index (χ2v) is 7.90. The lowest BCUT2D eigenvalue weighted by Crippen LogP contribution is -1.99. The van der Waals surface area contributed by atoms with Crippen LogP contribution < -0.4 is 5.43 Å². The quantitative estimate of drug-likeness (QED) is 0.237. The maximum Gasteiger partial charge on any atom is 0.335 e. The summed E-state index contributed by atoms with van der Waals surface area (Å²) in [5.74, 6) is -2.01. The second-order valence-electron chi connectivity index (χ2n) is 6.99. The predicted molar refractivity (Wildman–Crippen MR) is 128 cm³/mol. The van der Waals surface area contributed by atoms with Gasteiger partial charge in [-0.3, -0.25) is 5.43 Å². The summed E-state index contributed by atoms with van der Waals surface area (Å²) in [6, 6.07) is 20.3. The Bertz CT molecular complexity index is 1330. The number of halogens is 1. The van der Waals surface area contributed by atoms with Crippen molar-refractivity contribution in [3.63, 3.8) is 0 Å². The van der Waals surface area contributed by atoms with Gasteiger partial charge in [0.05, 0.1) is 28.7 Å². The smallest absolute Gasteiger partial charge is 0.335 e. The molecular formula is C24H17BrN4O4. The molecule has 0 saturated carbocycles. The summed E-state index contributed by atoms with van der Waals surface area (Å²) in [5, 5.41) is 27.2. The molecule has 0 aliphatic rings. The molecule has 0 atom stereocenters. The summed E-state index contributed by atoms with van der Waals surface area (Å²) >= 11 is 3.39. The van der Waals surface area contributed by atoms with Crippen LogP contribution in [0.15, 0.2) is 88.6 Å². The van der Waals surface area contributed by atoms with Crippen molar-refractivity contribution in [1.29, 1.82) is 0 Å². The molecule has 0 aliphatic heterocycles. The highest BCUT2D eigenvalue weighted by molar-refractivity contribution is 9.10. The number of carboxylic acid groups (broad SMARTS) is 2. The van der Waals surface area contributed by atoms with Crippen molar-refractivity contribution in [2.24, 2.45) is 5.10 Å². The van der Waals surface area contributed by atoms with Gasteiger partial charge in [-0.25, -0.2) is 14.3 Å². The third-order valence-electron chi connectivity index (χ3n) is 4.77. The zero-order chi connectivity index (χ0) is 23.4. The Kier molecular flexibility index (Phi) is 6.32. The lowest BCUT2D eigenvalue weighted by atomic mass is 10.1. The van der Waals surface area contributed by atoms with Gasteiger partial charge in [-0.2, -0.15) is 10.2 Å². The molecule has 3 N–H and O–H groups in total. The number of carboxylic acids is 2. The monoisotopic (exact) mass is 504 g/mol. The number of nitrogens with one attached hydrogen (secondary N) is 1. The van der Waals surface area contributed by atoms with Crippen LogP contribution in [-0.2, 0) is 0 Å². The number of hydrogen-bond acceptors (Lipinski definition) is 5. The van der Waals surface area contributed by atoms with Crippen LogP contribution in [0, 0.1) is 0 Å². The zero-order valence-electron chi connectivity index (χ0n) is 17.0. The average molecular weight is 505 g/mol. The molecule has 0 spiro atoms. The van der Waals surface area contributed by atoms with Crippen LogP contribution in [0.5, 0.6) is 0 Å². The Balaban J connectivity index is 1.69. The molecule has 0 saturated heterocycles. The lowest BCUT2D eigenvalue weighted by Gasteiger charge is -2.02. The Morgan fingerprint density at radius 2 is 1.45 bits per heavy atom. The predicted octanol–water partition coefficient (Wildman–Crippen LogP) is 5.14. The number of carbonyl (C=O) groups is 2. The maximum absolute atomic E-state index is 11.2. The van der Waals surface area contributed by atoms with Gasteiger partial charge in [0.25, 0.3) is 0 Å². The fourth-order valence-corrected chi connectivity index (χ4v) is 3.33. The molecule has 1 aromatic heterocycles. The Labute approximate surface area is 196 Å². The van der Waals surface area contributed by atoms with Crippen molar-refractivity contribution in [2.45, 2.75) is 0 Å². The van der Waals surface area contributed by atoms with E-state index in [4.69, 9.17) is 10.2 Å². The SMILES string of the molecule is O=C(O)c1ccc(-c2nn(-c3ccc(C(=O)O)cc3)cc2/C=N/Nc2ccc(Br)cc2)cc1. The van der Waals surface area contributed by atoms with Gasteiger partial charge in [-0.05, 0) is 60.7 Å². The first-order valence-corrected chi connectivity index (χ1v) is 10.5. The van der Waals surface area contributed by atoms with Crippen molar-refractivity contribution in [2.75, 3.05) is 5.43 Å². The van der Waals surface area contributed by atoms with E-state index in [-0.39, 0.29) is 11.1 Å². The number of anilines is 1. The molecule has 1 heterocycles. The van der Waals surface area contributed by atoms with Crippen LogP contribution in [-0.4, -0.2) is 38.1 Å². The molecule has 9 heteroatoms. The highest BCUT2D eigenvalue weighted by Crippen LogP contribution is 2.24. The van der Waals surface area contributed by atoms with Crippen molar-refractivity contribution in [3.05, 3.63) is 100 Å². The molecular weight excluding hydrogens is 488 g/mol. The topological polar surface area (TPSA) is 117 Å². The Hall–Kier alpha value is -4.24. The first kappa shape index (κ1) is 22.0. The third-order valence-corrected chi connectivity index (χ3v) is 5.30. The first-order chi connectivity index (χ1) is 15.9. The molecule has 4 rings (SSSR count). The van der Waals surface area contributed by atoms with Gasteiger partial charge >= 0.3 is 11.9 Å². The van der Waals surface area contributed by atoms with Gasteiger partial charge < -0.3 is 10.2 Å². The fraction of sp³-hybridized carbons (Fsp3) is 0. The minimum atomic E-state index is -1.01. The van der Waals surface area contributed by atoms with Gasteiger partial charge in [-0.15, -0.1) is 0 Å². The van der Waals surface area contributed by atoms with Crippen LogP contribution in [0.4, 0.5) is 5.69 Å². The van der Waals surface area contributed by atoms with Crippen LogP contribution in [0.25, 0.3) is 16.9 Å². The highest BCUT2D eigenvalue weighted by Gasteiger charge is 2.13. The van der Waals surface area contributed by atoms with E-state index in [9.17, 15) is 9.59 Å². The standard InChI is InChI=1S/C24H17BrN4O4/c25-19-7-9-20(10-8-19)27-26-13-18-14-29(21-11-5-17(6-12-21)24(32)33)28-22(18)15-1-3-16(4-2-15)23(30)31/h1-14,27H,(H,30,31)(H,32,33)/b26-13+. The molecule has 0 unspecified atom stereocenters. The van der Waals surface area contributed by atoms with E-state index in [1.165, 1.54) is 24.3 Å². The fourth-order valence-electron chi connectivity index (χ4n) is 3.07. The number of hydrazone groups is 1. The van der Waals surface area contributed by atoms with Crippen LogP contribution in [0.2, 0.25) is 0 Å². The molecule has 33 heavy (non-hydrogen) atoms. The van der Waals surface area contributed by atoms with E-state index in [0.717, 1.165) is 10.2 Å². The molecule has 3 aromatic carbocycles. The minimum absolute atomic E-state index is 0.176. The molecule has 8 nitrogen and oxygen atoms in total. The van der Waals surface area contributed by atoms with Gasteiger partial charge in [0.2, 0.25) is 0 Å². The van der Waals surface area contributed by atoms with E-state index in [1.54, 1.807) is 41.4 Å². The molecule has 4 aromatic rings. The number of rotatable bonds is 7. The van der Waals surface area contributed by atoms with E-state index in [1.807, 2.05) is 24.3 Å². The van der Waals surface area contributed by atoms with Gasteiger partial charge in [0.1, 0.15) is 5.69 Å². The molecule has 0 aliphatic carbocycles. The molecule has 0 fully saturated rings. The number of benzene rings is 3. The third kappa shape index (κ3) is 5.16. The van der Waals surface area contributed by atoms with Gasteiger partial charge in [0, 0.05) is 21.8 Å². The summed E-state index contributed by atoms with van der Waals surface area (Å²) in [6.45, 7) is 0.